The van der Waals surface area contributed by atoms with Crippen molar-refractivity contribution in [2.75, 3.05) is 11.9 Å². The Morgan fingerprint density at radius 2 is 2.14 bits per heavy atom. The fraction of sp³-hybridized carbons (Fsp3) is 0.150. The van der Waals surface area contributed by atoms with Crippen LogP contribution >= 0.6 is 11.6 Å². The molecule has 0 fully saturated rings. The minimum absolute atomic E-state index is 0.0875. The molecule has 0 saturated heterocycles. The Balaban J connectivity index is 1.32. The van der Waals surface area contributed by atoms with Crippen LogP contribution in [0.1, 0.15) is 21.9 Å². The van der Waals surface area contributed by atoms with Crippen LogP contribution in [0.5, 0.6) is 0 Å². The highest BCUT2D eigenvalue weighted by molar-refractivity contribution is 6.31. The quantitative estimate of drug-likeness (QED) is 0.151. The predicted octanol–water partition coefficient (Wildman–Crippen LogP) is 1.95. The summed E-state index contributed by atoms with van der Waals surface area (Å²) in [4.78, 5) is 20.2. The second-order valence-electron chi connectivity index (χ2n) is 6.93. The second kappa shape index (κ2) is 11.1. The molecule has 0 saturated carbocycles. The standard InChI is InChI=1S/C20H18ClFN10O3/c21-14-9-12(4-5-15(14)22)26-19(28-34)17-18(30-35-29-17)24-7-8-32-11-13(27-31-32)10-25-20(33)16-3-1-2-6-23-16/h1-6,9,11,34H,7-8,10H2,(H,24,30)(H,25,33)(H,26,28). The Morgan fingerprint density at radius 3 is 2.91 bits per heavy atom. The lowest BCUT2D eigenvalue weighted by Gasteiger charge is -2.06. The van der Waals surface area contributed by atoms with Crippen molar-refractivity contribution in [3.63, 3.8) is 0 Å². The Hall–Kier alpha value is -4.43. The van der Waals surface area contributed by atoms with Crippen LogP contribution in [0.4, 0.5) is 15.9 Å². The maximum absolute atomic E-state index is 13.4. The molecule has 1 amide bonds. The summed E-state index contributed by atoms with van der Waals surface area (Å²) in [7, 11) is 0. The van der Waals surface area contributed by atoms with Gasteiger partial charge < -0.3 is 10.6 Å². The molecule has 0 bridgehead atoms. The van der Waals surface area contributed by atoms with Gasteiger partial charge in [0.15, 0.2) is 11.5 Å². The molecule has 13 nitrogen and oxygen atoms in total. The fourth-order valence-electron chi connectivity index (χ4n) is 2.85. The van der Waals surface area contributed by atoms with E-state index in [0.29, 0.717) is 24.5 Å². The number of amidine groups is 1. The van der Waals surface area contributed by atoms with Crippen molar-refractivity contribution < 1.29 is 19.0 Å². The van der Waals surface area contributed by atoms with Gasteiger partial charge in [-0.15, -0.1) is 5.10 Å². The molecule has 0 atom stereocenters. The number of anilines is 1. The van der Waals surface area contributed by atoms with Gasteiger partial charge in [0.1, 0.15) is 17.2 Å². The SMILES string of the molecule is O=C(NCc1cn(CCNc2nonc2C(=Nc2ccc(F)c(Cl)c2)NO)nn1)c1ccccn1. The first-order valence-electron chi connectivity index (χ1n) is 10.1. The first kappa shape index (κ1) is 23.7. The summed E-state index contributed by atoms with van der Waals surface area (Å²) in [5.41, 5.74) is 3.15. The monoisotopic (exact) mass is 500 g/mol. The van der Waals surface area contributed by atoms with Crippen molar-refractivity contribution >= 4 is 34.8 Å². The number of halogens is 2. The summed E-state index contributed by atoms with van der Waals surface area (Å²) in [5.74, 6) is -0.809. The maximum atomic E-state index is 13.4. The molecule has 1 aromatic carbocycles. The molecule has 0 aliphatic heterocycles. The zero-order chi connectivity index (χ0) is 24.6. The van der Waals surface area contributed by atoms with E-state index in [-0.39, 0.29) is 40.5 Å². The van der Waals surface area contributed by atoms with Crippen molar-refractivity contribution in [3.8, 4) is 0 Å². The molecule has 3 heterocycles. The smallest absolute Gasteiger partial charge is 0.270 e. The Labute approximate surface area is 202 Å². The summed E-state index contributed by atoms with van der Waals surface area (Å²) in [6, 6.07) is 8.87. The zero-order valence-corrected chi connectivity index (χ0v) is 18.6. The van der Waals surface area contributed by atoms with Crippen LogP contribution in [0.3, 0.4) is 0 Å². The predicted molar refractivity (Wildman–Crippen MR) is 121 cm³/mol. The summed E-state index contributed by atoms with van der Waals surface area (Å²) >= 11 is 5.77. The molecule has 180 valence electrons. The van der Waals surface area contributed by atoms with Crippen molar-refractivity contribution in [1.82, 2.24) is 41.1 Å². The van der Waals surface area contributed by atoms with Crippen molar-refractivity contribution in [1.29, 1.82) is 0 Å². The molecular formula is C20H18ClFN10O3. The average molecular weight is 501 g/mol. The largest absolute Gasteiger partial charge is 0.363 e. The van der Waals surface area contributed by atoms with Gasteiger partial charge in [0.2, 0.25) is 5.82 Å². The number of hydroxylamine groups is 1. The van der Waals surface area contributed by atoms with Gasteiger partial charge in [0, 0.05) is 12.7 Å². The Morgan fingerprint density at radius 1 is 1.26 bits per heavy atom. The number of nitrogens with zero attached hydrogens (tertiary/aromatic N) is 7. The van der Waals surface area contributed by atoms with E-state index in [1.165, 1.54) is 18.3 Å². The van der Waals surface area contributed by atoms with Gasteiger partial charge in [-0.05, 0) is 40.6 Å². The summed E-state index contributed by atoms with van der Waals surface area (Å²) in [6.07, 6.45) is 3.22. The molecule has 4 rings (SSSR count). The van der Waals surface area contributed by atoms with Crippen molar-refractivity contribution in [3.05, 3.63) is 76.7 Å². The third-order valence-corrected chi connectivity index (χ3v) is 4.80. The van der Waals surface area contributed by atoms with E-state index in [2.05, 4.69) is 41.2 Å². The van der Waals surface area contributed by atoms with E-state index in [0.717, 1.165) is 6.07 Å². The molecule has 15 heteroatoms. The van der Waals surface area contributed by atoms with Gasteiger partial charge in [-0.3, -0.25) is 25.1 Å². The Bertz CT molecular complexity index is 1330. The van der Waals surface area contributed by atoms with E-state index < -0.39 is 5.82 Å². The lowest BCUT2D eigenvalue weighted by molar-refractivity contribution is 0.0945. The van der Waals surface area contributed by atoms with Crippen LogP contribution in [-0.4, -0.2) is 53.8 Å². The molecule has 0 spiro atoms. The fourth-order valence-corrected chi connectivity index (χ4v) is 3.03. The number of benzene rings is 1. The zero-order valence-electron chi connectivity index (χ0n) is 17.9. The van der Waals surface area contributed by atoms with E-state index in [4.69, 9.17) is 16.2 Å². The maximum Gasteiger partial charge on any atom is 0.270 e. The molecular weight excluding hydrogens is 483 g/mol. The summed E-state index contributed by atoms with van der Waals surface area (Å²) in [6.45, 7) is 0.918. The number of pyridine rings is 1. The second-order valence-corrected chi connectivity index (χ2v) is 7.34. The van der Waals surface area contributed by atoms with Crippen LogP contribution in [0.2, 0.25) is 5.02 Å². The van der Waals surface area contributed by atoms with Gasteiger partial charge in [0.05, 0.1) is 30.0 Å². The molecule has 4 aromatic rings. The number of aromatic nitrogens is 6. The summed E-state index contributed by atoms with van der Waals surface area (Å²) in [5, 5.41) is 30.6. The number of rotatable bonds is 9. The molecule has 0 aliphatic carbocycles. The third-order valence-electron chi connectivity index (χ3n) is 4.51. The molecule has 0 radical (unpaired) electrons. The third kappa shape index (κ3) is 6.13. The first-order valence-corrected chi connectivity index (χ1v) is 10.5. The first-order chi connectivity index (χ1) is 17.0. The van der Waals surface area contributed by atoms with Crippen LogP contribution in [-0.2, 0) is 13.1 Å². The van der Waals surface area contributed by atoms with Crippen molar-refractivity contribution in [2.24, 2.45) is 4.99 Å². The van der Waals surface area contributed by atoms with E-state index >= 15 is 0 Å². The lowest BCUT2D eigenvalue weighted by atomic mass is 10.3. The van der Waals surface area contributed by atoms with Gasteiger partial charge in [0.25, 0.3) is 5.91 Å². The number of carbonyl (C=O) groups is 1. The van der Waals surface area contributed by atoms with Gasteiger partial charge >= 0.3 is 0 Å². The van der Waals surface area contributed by atoms with Crippen molar-refractivity contribution in [2.45, 2.75) is 13.1 Å². The molecule has 4 N–H and O–H groups in total. The topological polar surface area (TPSA) is 168 Å². The van der Waals surface area contributed by atoms with Crippen LogP contribution < -0.4 is 16.1 Å². The highest BCUT2D eigenvalue weighted by Crippen LogP contribution is 2.22. The highest BCUT2D eigenvalue weighted by Gasteiger charge is 2.17. The molecule has 0 aliphatic rings. The van der Waals surface area contributed by atoms with Crippen LogP contribution in [0, 0.1) is 5.82 Å². The molecule has 35 heavy (non-hydrogen) atoms. The van der Waals surface area contributed by atoms with E-state index in [1.807, 2.05) is 5.48 Å². The molecule has 3 aromatic heterocycles. The number of nitrogens with one attached hydrogen (secondary N) is 3. The number of aliphatic imine (C=N–C) groups is 1. The summed E-state index contributed by atoms with van der Waals surface area (Å²) < 4.78 is 19.7. The normalized spacial score (nSPS) is 11.3. The van der Waals surface area contributed by atoms with Crippen LogP contribution in [0.25, 0.3) is 0 Å². The van der Waals surface area contributed by atoms with Crippen LogP contribution in [0.15, 0.2) is 58.4 Å². The van der Waals surface area contributed by atoms with Gasteiger partial charge in [-0.25, -0.2) is 14.0 Å². The van der Waals surface area contributed by atoms with E-state index in [9.17, 15) is 14.4 Å². The minimum Gasteiger partial charge on any atom is -0.363 e. The van der Waals surface area contributed by atoms with E-state index in [1.54, 1.807) is 29.1 Å². The molecule has 0 unspecified atom stereocenters. The lowest BCUT2D eigenvalue weighted by Crippen LogP contribution is -2.23. The average Bonchev–Trinajstić information content (AvgIpc) is 3.53. The Kier molecular flexibility index (Phi) is 7.54. The number of carbonyl (C=O) groups excluding carboxylic acids is 1. The number of amides is 1. The number of hydrogen-bond donors (Lipinski definition) is 4. The minimum atomic E-state index is -0.596. The highest BCUT2D eigenvalue weighted by atomic mass is 35.5. The van der Waals surface area contributed by atoms with Gasteiger partial charge in [-0.1, -0.05) is 22.9 Å². The number of hydrogen-bond acceptors (Lipinski definition) is 10. The van der Waals surface area contributed by atoms with Gasteiger partial charge in [-0.2, -0.15) is 0 Å².